The molecule has 25 heavy (non-hydrogen) atoms. The quantitative estimate of drug-likeness (QED) is 0.750. The number of imidazole rings is 1. The molecule has 1 saturated heterocycles. The number of piperidine rings is 1. The second kappa shape index (κ2) is 7.44. The highest BCUT2D eigenvalue weighted by Crippen LogP contribution is 2.24. The molecule has 4 rings (SSSR count). The Hall–Kier alpha value is -2.73. The summed E-state index contributed by atoms with van der Waals surface area (Å²) >= 11 is 0. The molecular weight excluding hydrogens is 312 g/mol. The summed E-state index contributed by atoms with van der Waals surface area (Å²) in [7, 11) is 0. The molecule has 0 bridgehead atoms. The number of hydrogen-bond acceptors (Lipinski definition) is 5. The van der Waals surface area contributed by atoms with Crippen LogP contribution in [-0.2, 0) is 0 Å². The Morgan fingerprint density at radius 2 is 1.92 bits per heavy atom. The molecule has 1 fully saturated rings. The van der Waals surface area contributed by atoms with Crippen LogP contribution in [0.1, 0.15) is 30.1 Å². The van der Waals surface area contributed by atoms with Gasteiger partial charge < -0.3 is 15.2 Å². The van der Waals surface area contributed by atoms with Crippen LogP contribution in [0.25, 0.3) is 0 Å². The monoisotopic (exact) mass is 334 g/mol. The Morgan fingerprint density at radius 1 is 1.08 bits per heavy atom. The number of nitrogens with one attached hydrogen (secondary N) is 2. The number of anilines is 1. The topological polar surface area (TPSA) is 69.7 Å². The summed E-state index contributed by atoms with van der Waals surface area (Å²) in [6.07, 6.45) is 7.51. The Kier molecular flexibility index (Phi) is 4.70. The summed E-state index contributed by atoms with van der Waals surface area (Å²) < 4.78 is 0. The van der Waals surface area contributed by atoms with Crippen molar-refractivity contribution in [2.45, 2.75) is 24.9 Å². The summed E-state index contributed by atoms with van der Waals surface area (Å²) in [4.78, 5) is 9.76. The van der Waals surface area contributed by atoms with E-state index in [1.807, 2.05) is 24.4 Å². The van der Waals surface area contributed by atoms with Gasteiger partial charge in [-0.25, -0.2) is 4.98 Å². The highest BCUT2D eigenvalue weighted by atomic mass is 15.3. The molecular formula is C19H22N6. The second-order valence-corrected chi connectivity index (χ2v) is 6.36. The summed E-state index contributed by atoms with van der Waals surface area (Å²) in [6.45, 7) is 1.97. The molecule has 0 radical (unpaired) electrons. The maximum atomic E-state index is 4.22. The lowest BCUT2D eigenvalue weighted by Crippen LogP contribution is -2.44. The first-order chi connectivity index (χ1) is 12.4. The van der Waals surface area contributed by atoms with E-state index in [1.165, 1.54) is 5.56 Å². The maximum Gasteiger partial charge on any atom is 0.151 e. The van der Waals surface area contributed by atoms with E-state index in [-0.39, 0.29) is 6.04 Å². The van der Waals surface area contributed by atoms with Gasteiger partial charge in [-0.1, -0.05) is 30.3 Å². The first-order valence-electron chi connectivity index (χ1n) is 8.72. The molecule has 6 nitrogen and oxygen atoms in total. The predicted molar refractivity (Wildman–Crippen MR) is 97.3 cm³/mol. The van der Waals surface area contributed by atoms with Crippen LogP contribution in [0.5, 0.6) is 0 Å². The zero-order valence-electron chi connectivity index (χ0n) is 14.0. The first-order valence-corrected chi connectivity index (χ1v) is 8.72. The van der Waals surface area contributed by atoms with Crippen LogP contribution in [0.4, 0.5) is 5.82 Å². The third-order valence-corrected chi connectivity index (χ3v) is 4.74. The minimum Gasteiger partial charge on any atom is -0.355 e. The normalized spacial score (nSPS) is 16.7. The summed E-state index contributed by atoms with van der Waals surface area (Å²) in [5.41, 5.74) is 2.35. The largest absolute Gasteiger partial charge is 0.355 e. The van der Waals surface area contributed by atoms with Gasteiger partial charge in [-0.2, -0.15) is 5.10 Å². The van der Waals surface area contributed by atoms with Gasteiger partial charge in [0.05, 0.1) is 18.1 Å². The van der Waals surface area contributed by atoms with Gasteiger partial charge in [-0.15, -0.1) is 5.10 Å². The van der Waals surface area contributed by atoms with Gasteiger partial charge in [0.1, 0.15) is 0 Å². The van der Waals surface area contributed by atoms with Crippen LogP contribution in [0.3, 0.4) is 0 Å². The van der Waals surface area contributed by atoms with Crippen molar-refractivity contribution in [3.05, 3.63) is 72.4 Å². The van der Waals surface area contributed by atoms with Crippen molar-refractivity contribution in [3.8, 4) is 0 Å². The number of aromatic nitrogens is 4. The molecule has 0 spiro atoms. The van der Waals surface area contributed by atoms with E-state index in [0.29, 0.717) is 6.04 Å². The van der Waals surface area contributed by atoms with E-state index >= 15 is 0 Å². The van der Waals surface area contributed by atoms with Crippen molar-refractivity contribution in [2.75, 3.05) is 18.0 Å². The van der Waals surface area contributed by atoms with E-state index < -0.39 is 0 Å². The summed E-state index contributed by atoms with van der Waals surface area (Å²) in [6, 6.07) is 15.1. The molecule has 1 atom stereocenters. The Labute approximate surface area is 147 Å². The van der Waals surface area contributed by atoms with Gasteiger partial charge in [-0.05, 0) is 30.5 Å². The number of hydrogen-bond donors (Lipinski definition) is 2. The molecule has 0 saturated carbocycles. The molecule has 3 heterocycles. The standard InChI is InChI=1S/C19H22N6/c1-2-5-15(6-3-1)19(17-13-20-14-21-17)23-16-8-11-25(12-9-16)18-7-4-10-22-24-18/h1-7,10,13-14,16,19,23H,8-9,11-12H2,(H,20,21). The Balaban J connectivity index is 1.44. The maximum absolute atomic E-state index is 4.22. The summed E-state index contributed by atoms with van der Waals surface area (Å²) in [5.74, 6) is 0.967. The van der Waals surface area contributed by atoms with E-state index in [1.54, 1.807) is 12.5 Å². The van der Waals surface area contributed by atoms with Crippen molar-refractivity contribution in [3.63, 3.8) is 0 Å². The fourth-order valence-corrected chi connectivity index (χ4v) is 3.41. The van der Waals surface area contributed by atoms with E-state index in [9.17, 15) is 0 Å². The van der Waals surface area contributed by atoms with Gasteiger partial charge in [-0.3, -0.25) is 0 Å². The summed E-state index contributed by atoms with van der Waals surface area (Å²) in [5, 5.41) is 12.0. The Bertz CT molecular complexity index is 751. The van der Waals surface area contributed by atoms with Crippen molar-refractivity contribution in [1.29, 1.82) is 0 Å². The number of nitrogens with zero attached hydrogens (tertiary/aromatic N) is 4. The third kappa shape index (κ3) is 3.69. The van der Waals surface area contributed by atoms with Crippen LogP contribution in [0.2, 0.25) is 0 Å². The lowest BCUT2D eigenvalue weighted by atomic mass is 9.99. The van der Waals surface area contributed by atoms with Crippen molar-refractivity contribution < 1.29 is 0 Å². The molecule has 0 aliphatic carbocycles. The molecule has 1 aliphatic heterocycles. The number of aromatic amines is 1. The number of benzene rings is 1. The Morgan fingerprint density at radius 3 is 2.60 bits per heavy atom. The average Bonchev–Trinajstić information content (AvgIpc) is 3.22. The fraction of sp³-hybridized carbons (Fsp3) is 0.316. The molecule has 128 valence electrons. The average molecular weight is 334 g/mol. The highest BCUT2D eigenvalue weighted by Gasteiger charge is 2.24. The van der Waals surface area contributed by atoms with E-state index in [4.69, 9.17) is 0 Å². The highest BCUT2D eigenvalue weighted by molar-refractivity contribution is 5.37. The molecule has 2 aromatic heterocycles. The number of rotatable bonds is 5. The van der Waals surface area contributed by atoms with Gasteiger partial charge >= 0.3 is 0 Å². The van der Waals surface area contributed by atoms with Crippen LogP contribution < -0.4 is 10.2 Å². The molecule has 3 aromatic rings. The second-order valence-electron chi connectivity index (χ2n) is 6.36. The SMILES string of the molecule is c1ccc(C(NC2CCN(c3cccnn3)CC2)c2cnc[nH]2)cc1. The van der Waals surface area contributed by atoms with Crippen LogP contribution in [0.15, 0.2) is 61.2 Å². The van der Waals surface area contributed by atoms with Gasteiger partial charge in [0.2, 0.25) is 0 Å². The molecule has 0 amide bonds. The molecule has 1 unspecified atom stereocenters. The number of H-pyrrole nitrogens is 1. The van der Waals surface area contributed by atoms with Crippen LogP contribution in [0, 0.1) is 0 Å². The minimum atomic E-state index is 0.136. The fourth-order valence-electron chi connectivity index (χ4n) is 3.41. The molecule has 2 N–H and O–H groups in total. The zero-order valence-corrected chi connectivity index (χ0v) is 14.0. The zero-order chi connectivity index (χ0) is 16.9. The van der Waals surface area contributed by atoms with Crippen molar-refractivity contribution >= 4 is 5.82 Å². The first kappa shape index (κ1) is 15.8. The van der Waals surface area contributed by atoms with Crippen LogP contribution >= 0.6 is 0 Å². The lowest BCUT2D eigenvalue weighted by molar-refractivity contribution is 0.387. The van der Waals surface area contributed by atoms with E-state index in [2.05, 4.69) is 54.6 Å². The van der Waals surface area contributed by atoms with Crippen molar-refractivity contribution in [1.82, 2.24) is 25.5 Å². The smallest absolute Gasteiger partial charge is 0.151 e. The lowest BCUT2D eigenvalue weighted by Gasteiger charge is -2.35. The molecule has 1 aliphatic rings. The van der Waals surface area contributed by atoms with Crippen molar-refractivity contribution in [2.24, 2.45) is 0 Å². The molecule has 1 aromatic carbocycles. The minimum absolute atomic E-state index is 0.136. The third-order valence-electron chi connectivity index (χ3n) is 4.74. The van der Waals surface area contributed by atoms with Gasteiger partial charge in [0.15, 0.2) is 5.82 Å². The predicted octanol–water partition coefficient (Wildman–Crippen LogP) is 2.55. The molecule has 6 heteroatoms. The van der Waals surface area contributed by atoms with Gasteiger partial charge in [0.25, 0.3) is 0 Å². The van der Waals surface area contributed by atoms with E-state index in [0.717, 1.165) is 37.4 Å². The van der Waals surface area contributed by atoms with Crippen LogP contribution in [-0.4, -0.2) is 39.3 Å². The van der Waals surface area contributed by atoms with Gasteiger partial charge in [0, 0.05) is 31.5 Å².